The fourth-order valence-electron chi connectivity index (χ4n) is 7.85. The SMILES string of the molecule is CCCC1CCC2C(C[C@H](CC)C3C[C@H](O)CCC3(C)C)CCCC12C. The summed E-state index contributed by atoms with van der Waals surface area (Å²) in [5.41, 5.74) is 1.05. The van der Waals surface area contributed by atoms with Crippen molar-refractivity contribution in [2.45, 2.75) is 118 Å². The molecule has 0 aromatic heterocycles. The minimum absolute atomic E-state index is 0.0425. The summed E-state index contributed by atoms with van der Waals surface area (Å²) >= 11 is 0. The van der Waals surface area contributed by atoms with Crippen LogP contribution in [0.2, 0.25) is 0 Å². The van der Waals surface area contributed by atoms with Crippen LogP contribution >= 0.6 is 0 Å². The summed E-state index contributed by atoms with van der Waals surface area (Å²) in [5, 5.41) is 10.3. The lowest BCUT2D eigenvalue weighted by Crippen LogP contribution is -2.42. The molecule has 0 saturated heterocycles. The van der Waals surface area contributed by atoms with Crippen molar-refractivity contribution in [3.63, 3.8) is 0 Å². The fourth-order valence-corrected chi connectivity index (χ4v) is 7.85. The highest BCUT2D eigenvalue weighted by Gasteiger charge is 2.51. The standard InChI is InChI=1S/C25H46O/c1-6-9-20-11-12-22-19(10-8-14-25(20,22)5)16-18(7-2)23-17-21(26)13-15-24(23,3)4/h18-23,26H,6-17H2,1-5H3/t18-,19?,20?,21+,22?,23?,25?/m0/s1. The first-order chi connectivity index (χ1) is 12.3. The maximum atomic E-state index is 10.3. The molecule has 3 aliphatic rings. The van der Waals surface area contributed by atoms with Crippen LogP contribution in [0.4, 0.5) is 0 Å². The zero-order chi connectivity index (χ0) is 18.9. The quantitative estimate of drug-likeness (QED) is 0.528. The van der Waals surface area contributed by atoms with Gasteiger partial charge in [-0.1, -0.05) is 66.7 Å². The molecule has 1 nitrogen and oxygen atoms in total. The Morgan fingerprint density at radius 2 is 1.77 bits per heavy atom. The lowest BCUT2D eigenvalue weighted by Gasteiger charge is -2.49. The molecule has 0 heterocycles. The molecular formula is C25H46O. The Labute approximate surface area is 163 Å². The van der Waals surface area contributed by atoms with E-state index in [0.29, 0.717) is 10.8 Å². The van der Waals surface area contributed by atoms with Crippen LogP contribution in [0.1, 0.15) is 112 Å². The molecule has 7 atom stereocenters. The van der Waals surface area contributed by atoms with Crippen LogP contribution in [0.15, 0.2) is 0 Å². The Morgan fingerprint density at radius 1 is 1.00 bits per heavy atom. The van der Waals surface area contributed by atoms with Crippen LogP contribution in [-0.4, -0.2) is 11.2 Å². The molecule has 0 aliphatic heterocycles. The highest BCUT2D eigenvalue weighted by atomic mass is 16.3. The van der Waals surface area contributed by atoms with Crippen LogP contribution in [-0.2, 0) is 0 Å². The Balaban J connectivity index is 1.72. The van der Waals surface area contributed by atoms with Crippen LogP contribution in [0.3, 0.4) is 0 Å². The highest BCUT2D eigenvalue weighted by Crippen LogP contribution is 2.60. The maximum absolute atomic E-state index is 10.3. The first kappa shape index (κ1) is 20.7. The van der Waals surface area contributed by atoms with Gasteiger partial charge in [0.15, 0.2) is 0 Å². The molecular weight excluding hydrogens is 316 g/mol. The summed E-state index contributed by atoms with van der Waals surface area (Å²) in [6.07, 6.45) is 16.2. The Bertz CT molecular complexity index is 455. The largest absolute Gasteiger partial charge is 0.393 e. The van der Waals surface area contributed by atoms with E-state index in [9.17, 15) is 5.11 Å². The van der Waals surface area contributed by atoms with E-state index in [2.05, 4.69) is 34.6 Å². The lowest BCUT2D eigenvalue weighted by atomic mass is 9.56. The summed E-state index contributed by atoms with van der Waals surface area (Å²) in [7, 11) is 0. The van der Waals surface area contributed by atoms with E-state index in [4.69, 9.17) is 0 Å². The first-order valence-corrected chi connectivity index (χ1v) is 12.0. The van der Waals surface area contributed by atoms with Crippen molar-refractivity contribution in [2.24, 2.45) is 40.4 Å². The number of rotatable bonds is 6. The van der Waals surface area contributed by atoms with Crippen LogP contribution in [0, 0.1) is 40.4 Å². The number of fused-ring (bicyclic) bond motifs is 1. The molecule has 0 bridgehead atoms. The van der Waals surface area contributed by atoms with Crippen molar-refractivity contribution in [3.8, 4) is 0 Å². The predicted molar refractivity (Wildman–Crippen MR) is 112 cm³/mol. The average Bonchev–Trinajstić information content (AvgIpc) is 2.93. The maximum Gasteiger partial charge on any atom is 0.0543 e. The van der Waals surface area contributed by atoms with Gasteiger partial charge in [-0.15, -0.1) is 0 Å². The topological polar surface area (TPSA) is 20.2 Å². The van der Waals surface area contributed by atoms with Gasteiger partial charge in [0.05, 0.1) is 6.10 Å². The van der Waals surface area contributed by atoms with Crippen molar-refractivity contribution in [3.05, 3.63) is 0 Å². The molecule has 0 radical (unpaired) electrons. The third kappa shape index (κ3) is 3.89. The van der Waals surface area contributed by atoms with Gasteiger partial charge in [-0.2, -0.15) is 0 Å². The summed E-state index contributed by atoms with van der Waals surface area (Å²) < 4.78 is 0. The third-order valence-electron chi connectivity index (χ3n) is 9.45. The molecule has 1 N–H and O–H groups in total. The smallest absolute Gasteiger partial charge is 0.0543 e. The molecule has 0 aromatic rings. The summed E-state index contributed by atoms with van der Waals surface area (Å²) in [4.78, 5) is 0. The van der Waals surface area contributed by atoms with Crippen molar-refractivity contribution >= 4 is 0 Å². The molecule has 5 unspecified atom stereocenters. The number of aliphatic hydroxyl groups is 1. The minimum Gasteiger partial charge on any atom is -0.393 e. The van der Waals surface area contributed by atoms with E-state index in [1.165, 1.54) is 64.2 Å². The van der Waals surface area contributed by atoms with E-state index in [-0.39, 0.29) is 6.10 Å². The third-order valence-corrected chi connectivity index (χ3v) is 9.45. The van der Waals surface area contributed by atoms with Gasteiger partial charge in [-0.3, -0.25) is 0 Å². The first-order valence-electron chi connectivity index (χ1n) is 12.0. The van der Waals surface area contributed by atoms with Crippen LogP contribution in [0.25, 0.3) is 0 Å². The molecule has 0 amide bonds. The zero-order valence-corrected chi connectivity index (χ0v) is 18.4. The predicted octanol–water partition coefficient (Wildman–Crippen LogP) is 7.22. The van der Waals surface area contributed by atoms with Gasteiger partial charge in [0.1, 0.15) is 0 Å². The lowest BCUT2D eigenvalue weighted by molar-refractivity contribution is -0.0223. The fraction of sp³-hybridized carbons (Fsp3) is 1.00. The van der Waals surface area contributed by atoms with E-state index in [1.807, 2.05) is 0 Å². The number of hydrogen-bond acceptors (Lipinski definition) is 1. The van der Waals surface area contributed by atoms with Gasteiger partial charge >= 0.3 is 0 Å². The molecule has 3 aliphatic carbocycles. The van der Waals surface area contributed by atoms with Gasteiger partial charge < -0.3 is 5.11 Å². The molecule has 1 heteroatoms. The summed E-state index contributed by atoms with van der Waals surface area (Å²) in [6, 6.07) is 0. The minimum atomic E-state index is -0.0425. The van der Waals surface area contributed by atoms with Crippen LogP contribution < -0.4 is 0 Å². The normalized spacial score (nSPS) is 43.8. The second-order valence-corrected chi connectivity index (χ2v) is 11.3. The highest BCUT2D eigenvalue weighted by molar-refractivity contribution is 5.01. The molecule has 152 valence electrons. The molecule has 3 saturated carbocycles. The van der Waals surface area contributed by atoms with Gasteiger partial charge in [-0.25, -0.2) is 0 Å². The van der Waals surface area contributed by atoms with E-state index < -0.39 is 0 Å². The molecule has 3 rings (SSSR count). The monoisotopic (exact) mass is 362 g/mol. The van der Waals surface area contributed by atoms with Gasteiger partial charge in [0, 0.05) is 0 Å². The van der Waals surface area contributed by atoms with Gasteiger partial charge in [0.2, 0.25) is 0 Å². The van der Waals surface area contributed by atoms with Gasteiger partial charge in [0.25, 0.3) is 0 Å². The average molecular weight is 363 g/mol. The second-order valence-electron chi connectivity index (χ2n) is 11.3. The zero-order valence-electron chi connectivity index (χ0n) is 18.4. The van der Waals surface area contributed by atoms with Crippen LogP contribution in [0.5, 0.6) is 0 Å². The molecule has 0 spiro atoms. The van der Waals surface area contributed by atoms with Crippen molar-refractivity contribution < 1.29 is 5.11 Å². The van der Waals surface area contributed by atoms with Crippen molar-refractivity contribution in [1.29, 1.82) is 0 Å². The number of hydrogen-bond donors (Lipinski definition) is 1. The van der Waals surface area contributed by atoms with E-state index in [0.717, 1.165) is 42.4 Å². The van der Waals surface area contributed by atoms with Gasteiger partial charge in [-0.05, 0) is 85.4 Å². The summed E-state index contributed by atoms with van der Waals surface area (Å²) in [5.74, 6) is 4.47. The van der Waals surface area contributed by atoms with Crippen molar-refractivity contribution in [2.75, 3.05) is 0 Å². The van der Waals surface area contributed by atoms with Crippen molar-refractivity contribution in [1.82, 2.24) is 0 Å². The Hall–Kier alpha value is -0.0400. The Kier molecular flexibility index (Phi) is 6.48. The molecule has 26 heavy (non-hydrogen) atoms. The van der Waals surface area contributed by atoms with E-state index in [1.54, 1.807) is 0 Å². The second kappa shape index (κ2) is 8.14. The molecule has 3 fully saturated rings. The number of aliphatic hydroxyl groups excluding tert-OH is 1. The van der Waals surface area contributed by atoms with E-state index >= 15 is 0 Å². The Morgan fingerprint density at radius 3 is 2.46 bits per heavy atom. The molecule has 0 aromatic carbocycles. The summed E-state index contributed by atoms with van der Waals surface area (Å²) in [6.45, 7) is 12.4.